The first-order valence-corrected chi connectivity index (χ1v) is 6.11. The van der Waals surface area contributed by atoms with Gasteiger partial charge in [0.2, 0.25) is 0 Å². The van der Waals surface area contributed by atoms with Crippen molar-refractivity contribution in [3.05, 3.63) is 38.0 Å². The summed E-state index contributed by atoms with van der Waals surface area (Å²) >= 11 is 3.37. The molecule has 0 saturated heterocycles. The van der Waals surface area contributed by atoms with Crippen LogP contribution in [0, 0.1) is 13.8 Å². The van der Waals surface area contributed by atoms with Gasteiger partial charge < -0.3 is 5.73 Å². The second-order valence-electron chi connectivity index (χ2n) is 3.19. The van der Waals surface area contributed by atoms with Gasteiger partial charge in [-0.15, -0.1) is 22.7 Å². The first-order chi connectivity index (χ1) is 6.68. The lowest BCUT2D eigenvalue weighted by Gasteiger charge is -2.04. The molecule has 0 amide bonds. The van der Waals surface area contributed by atoms with Gasteiger partial charge in [-0.3, -0.25) is 0 Å². The molecule has 0 spiro atoms. The second kappa shape index (κ2) is 3.81. The third kappa shape index (κ3) is 1.73. The van der Waals surface area contributed by atoms with E-state index >= 15 is 0 Å². The van der Waals surface area contributed by atoms with Crippen molar-refractivity contribution >= 4 is 22.7 Å². The largest absolute Gasteiger partial charge is 0.318 e. The van der Waals surface area contributed by atoms with Crippen molar-refractivity contribution in [2.24, 2.45) is 5.73 Å². The van der Waals surface area contributed by atoms with Crippen LogP contribution in [0.1, 0.15) is 26.5 Å². The van der Waals surface area contributed by atoms with Crippen LogP contribution in [0.25, 0.3) is 0 Å². The fourth-order valence-electron chi connectivity index (χ4n) is 1.22. The third-order valence-electron chi connectivity index (χ3n) is 2.16. The van der Waals surface area contributed by atoms with E-state index in [0.29, 0.717) is 0 Å². The normalized spacial score (nSPS) is 13.1. The predicted molar refractivity (Wildman–Crippen MR) is 61.9 cm³/mol. The van der Waals surface area contributed by atoms with Gasteiger partial charge in [0.1, 0.15) is 5.01 Å². The standard InChI is InChI=1S/C10H12N2S2/c1-6-7(2)14-10(12-6)9(11)8-4-3-5-13-8/h3-5,9H,11H2,1-2H3. The molecule has 0 bridgehead atoms. The predicted octanol–water partition coefficient (Wildman–Crippen LogP) is 2.87. The van der Waals surface area contributed by atoms with Crippen LogP contribution in [0.5, 0.6) is 0 Å². The first kappa shape index (κ1) is 9.83. The molecule has 2 aromatic heterocycles. The van der Waals surface area contributed by atoms with Crippen LogP contribution in [0.4, 0.5) is 0 Å². The van der Waals surface area contributed by atoms with Gasteiger partial charge in [0.15, 0.2) is 0 Å². The van der Waals surface area contributed by atoms with E-state index in [0.717, 1.165) is 10.7 Å². The Morgan fingerprint density at radius 3 is 2.71 bits per heavy atom. The molecule has 2 aromatic rings. The monoisotopic (exact) mass is 224 g/mol. The smallest absolute Gasteiger partial charge is 0.115 e. The van der Waals surface area contributed by atoms with Crippen molar-refractivity contribution in [1.29, 1.82) is 0 Å². The van der Waals surface area contributed by atoms with Crippen LogP contribution >= 0.6 is 22.7 Å². The molecule has 0 aliphatic rings. The van der Waals surface area contributed by atoms with Gasteiger partial charge in [-0.05, 0) is 25.3 Å². The Morgan fingerprint density at radius 1 is 1.43 bits per heavy atom. The van der Waals surface area contributed by atoms with Crippen molar-refractivity contribution in [3.63, 3.8) is 0 Å². The molecule has 0 fully saturated rings. The number of aromatic nitrogens is 1. The fourth-order valence-corrected chi connectivity index (χ4v) is 2.97. The topological polar surface area (TPSA) is 38.9 Å². The number of rotatable bonds is 2. The summed E-state index contributed by atoms with van der Waals surface area (Å²) in [6.07, 6.45) is 0. The maximum Gasteiger partial charge on any atom is 0.115 e. The number of aryl methyl sites for hydroxylation is 2. The van der Waals surface area contributed by atoms with E-state index in [1.807, 2.05) is 18.4 Å². The van der Waals surface area contributed by atoms with Crippen molar-refractivity contribution in [2.75, 3.05) is 0 Å². The van der Waals surface area contributed by atoms with Crippen LogP contribution < -0.4 is 5.73 Å². The number of hydrogen-bond donors (Lipinski definition) is 1. The highest BCUT2D eigenvalue weighted by molar-refractivity contribution is 7.12. The lowest BCUT2D eigenvalue weighted by Crippen LogP contribution is -2.09. The van der Waals surface area contributed by atoms with Gasteiger partial charge in [0, 0.05) is 9.75 Å². The quantitative estimate of drug-likeness (QED) is 0.852. The summed E-state index contributed by atoms with van der Waals surface area (Å²) in [5.41, 5.74) is 7.20. The maximum atomic E-state index is 6.10. The number of hydrogen-bond acceptors (Lipinski definition) is 4. The maximum absolute atomic E-state index is 6.10. The highest BCUT2D eigenvalue weighted by Crippen LogP contribution is 2.28. The van der Waals surface area contributed by atoms with Gasteiger partial charge in [0.05, 0.1) is 11.7 Å². The highest BCUT2D eigenvalue weighted by atomic mass is 32.1. The first-order valence-electron chi connectivity index (χ1n) is 4.41. The minimum absolute atomic E-state index is 0.0487. The van der Waals surface area contributed by atoms with Crippen LogP contribution in [0.2, 0.25) is 0 Å². The van der Waals surface area contributed by atoms with Crippen LogP contribution in [-0.2, 0) is 0 Å². The van der Waals surface area contributed by atoms with E-state index < -0.39 is 0 Å². The Kier molecular flexibility index (Phi) is 2.67. The lowest BCUT2D eigenvalue weighted by molar-refractivity contribution is 0.871. The van der Waals surface area contributed by atoms with E-state index in [2.05, 4.69) is 18.0 Å². The summed E-state index contributed by atoms with van der Waals surface area (Å²) in [6, 6.07) is 4.03. The van der Waals surface area contributed by atoms with E-state index in [4.69, 9.17) is 5.73 Å². The van der Waals surface area contributed by atoms with Gasteiger partial charge in [-0.1, -0.05) is 6.07 Å². The summed E-state index contributed by atoms with van der Waals surface area (Å²) in [7, 11) is 0. The van der Waals surface area contributed by atoms with Gasteiger partial charge in [-0.25, -0.2) is 4.98 Å². The average Bonchev–Trinajstić information content (AvgIpc) is 2.76. The summed E-state index contributed by atoms with van der Waals surface area (Å²) in [5.74, 6) is 0. The Hall–Kier alpha value is -0.710. The zero-order chi connectivity index (χ0) is 10.1. The molecule has 0 aliphatic heterocycles. The van der Waals surface area contributed by atoms with Crippen LogP contribution in [0.15, 0.2) is 17.5 Å². The Morgan fingerprint density at radius 2 is 2.21 bits per heavy atom. The van der Waals surface area contributed by atoms with E-state index in [1.165, 1.54) is 9.75 Å². The van der Waals surface area contributed by atoms with Gasteiger partial charge in [-0.2, -0.15) is 0 Å². The molecule has 0 radical (unpaired) electrons. The molecule has 0 aliphatic carbocycles. The highest BCUT2D eigenvalue weighted by Gasteiger charge is 2.14. The molecule has 0 saturated carbocycles. The van der Waals surface area contributed by atoms with Crippen LogP contribution in [0.3, 0.4) is 0 Å². The molecule has 2 rings (SSSR count). The molecular weight excluding hydrogens is 212 g/mol. The Labute approximate surface area is 91.4 Å². The zero-order valence-electron chi connectivity index (χ0n) is 8.15. The molecule has 1 unspecified atom stereocenters. The fraction of sp³-hybridized carbons (Fsp3) is 0.300. The molecular formula is C10H12N2S2. The minimum Gasteiger partial charge on any atom is -0.318 e. The second-order valence-corrected chi connectivity index (χ2v) is 5.40. The molecule has 1 atom stereocenters. The van der Waals surface area contributed by atoms with Crippen molar-refractivity contribution < 1.29 is 0 Å². The third-order valence-corrected chi connectivity index (χ3v) is 4.27. The van der Waals surface area contributed by atoms with Crippen molar-refractivity contribution in [3.8, 4) is 0 Å². The zero-order valence-corrected chi connectivity index (χ0v) is 9.78. The lowest BCUT2D eigenvalue weighted by atomic mass is 10.3. The molecule has 2 N–H and O–H groups in total. The number of thiazole rings is 1. The summed E-state index contributed by atoms with van der Waals surface area (Å²) in [5, 5.41) is 3.06. The molecule has 2 nitrogen and oxygen atoms in total. The SMILES string of the molecule is Cc1nc(C(N)c2cccs2)sc1C. The summed E-state index contributed by atoms with van der Waals surface area (Å²) in [4.78, 5) is 6.90. The van der Waals surface area contributed by atoms with Gasteiger partial charge in [0.25, 0.3) is 0 Å². The molecule has 74 valence electrons. The Balaban J connectivity index is 2.32. The van der Waals surface area contributed by atoms with Crippen LogP contribution in [-0.4, -0.2) is 4.98 Å². The summed E-state index contributed by atoms with van der Waals surface area (Å²) in [6.45, 7) is 4.11. The van der Waals surface area contributed by atoms with E-state index in [-0.39, 0.29) is 6.04 Å². The Bertz CT molecular complexity index is 398. The summed E-state index contributed by atoms with van der Waals surface area (Å²) < 4.78 is 0. The molecule has 4 heteroatoms. The van der Waals surface area contributed by atoms with Gasteiger partial charge >= 0.3 is 0 Å². The minimum atomic E-state index is -0.0487. The van der Waals surface area contributed by atoms with E-state index in [1.54, 1.807) is 22.7 Å². The molecule has 0 aromatic carbocycles. The van der Waals surface area contributed by atoms with E-state index in [9.17, 15) is 0 Å². The van der Waals surface area contributed by atoms with Crippen molar-refractivity contribution in [2.45, 2.75) is 19.9 Å². The van der Waals surface area contributed by atoms with Crippen molar-refractivity contribution in [1.82, 2.24) is 4.98 Å². The number of nitrogens with two attached hydrogens (primary N) is 1. The number of nitrogens with zero attached hydrogens (tertiary/aromatic N) is 1. The average molecular weight is 224 g/mol. The molecule has 14 heavy (non-hydrogen) atoms. The number of thiophene rings is 1. The molecule has 2 heterocycles.